The molecule has 3 rings (SSSR count). The lowest BCUT2D eigenvalue weighted by Crippen LogP contribution is -2.37. The molecule has 6 heteroatoms. The van der Waals surface area contributed by atoms with E-state index < -0.39 is 0 Å². The Morgan fingerprint density at radius 1 is 1.36 bits per heavy atom. The van der Waals surface area contributed by atoms with Crippen molar-refractivity contribution in [2.45, 2.75) is 38.8 Å². The molecule has 118 valence electrons. The molecular weight excluding hydrogens is 285 g/mol. The SMILES string of the molecule is Cc1cc(-c2noc(C(C)N3CCC(O)CC3)n2)ccc1F. The molecule has 1 aromatic heterocycles. The van der Waals surface area contributed by atoms with Gasteiger partial charge in [0.15, 0.2) is 0 Å². The summed E-state index contributed by atoms with van der Waals surface area (Å²) in [6.07, 6.45) is 1.33. The molecule has 1 N–H and O–H groups in total. The topological polar surface area (TPSA) is 62.4 Å². The van der Waals surface area contributed by atoms with Crippen LogP contribution in [0, 0.1) is 12.7 Å². The average Bonchev–Trinajstić information content (AvgIpc) is 3.00. The smallest absolute Gasteiger partial charge is 0.244 e. The summed E-state index contributed by atoms with van der Waals surface area (Å²) < 4.78 is 18.7. The fourth-order valence-corrected chi connectivity index (χ4v) is 2.74. The number of aliphatic hydroxyl groups excluding tert-OH is 1. The summed E-state index contributed by atoms with van der Waals surface area (Å²) in [6, 6.07) is 4.79. The first-order chi connectivity index (χ1) is 10.5. The lowest BCUT2D eigenvalue weighted by Gasteiger charge is -2.32. The van der Waals surface area contributed by atoms with E-state index in [1.165, 1.54) is 6.07 Å². The molecule has 1 aliphatic rings. The second-order valence-electron chi connectivity index (χ2n) is 5.86. The van der Waals surface area contributed by atoms with E-state index in [1.807, 2.05) is 6.92 Å². The van der Waals surface area contributed by atoms with E-state index in [0.29, 0.717) is 17.3 Å². The number of hydrogen-bond acceptors (Lipinski definition) is 5. The van der Waals surface area contributed by atoms with E-state index >= 15 is 0 Å². The monoisotopic (exact) mass is 305 g/mol. The van der Waals surface area contributed by atoms with Crippen molar-refractivity contribution in [3.05, 3.63) is 35.5 Å². The van der Waals surface area contributed by atoms with E-state index in [4.69, 9.17) is 4.52 Å². The molecule has 0 saturated carbocycles. The summed E-state index contributed by atoms with van der Waals surface area (Å²) in [5, 5.41) is 13.6. The summed E-state index contributed by atoms with van der Waals surface area (Å²) in [4.78, 5) is 6.66. The van der Waals surface area contributed by atoms with E-state index in [9.17, 15) is 9.50 Å². The third-order valence-corrected chi connectivity index (χ3v) is 4.26. The predicted molar refractivity (Wildman–Crippen MR) is 79.7 cm³/mol. The molecule has 5 nitrogen and oxygen atoms in total. The number of aliphatic hydroxyl groups is 1. The number of hydrogen-bond donors (Lipinski definition) is 1. The number of piperidine rings is 1. The lowest BCUT2D eigenvalue weighted by molar-refractivity contribution is 0.0564. The molecule has 1 fully saturated rings. The highest BCUT2D eigenvalue weighted by Gasteiger charge is 2.26. The van der Waals surface area contributed by atoms with Crippen LogP contribution >= 0.6 is 0 Å². The summed E-state index contributed by atoms with van der Waals surface area (Å²) in [5.41, 5.74) is 1.30. The Balaban J connectivity index is 1.76. The fraction of sp³-hybridized carbons (Fsp3) is 0.500. The van der Waals surface area contributed by atoms with Gasteiger partial charge in [0.25, 0.3) is 0 Å². The van der Waals surface area contributed by atoms with Crippen LogP contribution in [-0.4, -0.2) is 39.3 Å². The van der Waals surface area contributed by atoms with Gasteiger partial charge in [-0.05, 0) is 50.5 Å². The number of aryl methyl sites for hydroxylation is 1. The maximum Gasteiger partial charge on any atom is 0.244 e. The number of benzene rings is 1. The first kappa shape index (κ1) is 15.1. The second kappa shape index (κ2) is 6.14. The number of halogens is 1. The van der Waals surface area contributed by atoms with Crippen LogP contribution in [-0.2, 0) is 0 Å². The summed E-state index contributed by atoms with van der Waals surface area (Å²) in [6.45, 7) is 5.36. The van der Waals surface area contributed by atoms with Crippen LogP contribution in [0.1, 0.15) is 37.3 Å². The largest absolute Gasteiger partial charge is 0.393 e. The second-order valence-corrected chi connectivity index (χ2v) is 5.86. The van der Waals surface area contributed by atoms with E-state index in [-0.39, 0.29) is 18.0 Å². The van der Waals surface area contributed by atoms with Crippen molar-refractivity contribution in [1.82, 2.24) is 15.0 Å². The zero-order valence-electron chi connectivity index (χ0n) is 12.8. The van der Waals surface area contributed by atoms with Crippen molar-refractivity contribution in [3.8, 4) is 11.4 Å². The highest BCUT2D eigenvalue weighted by atomic mass is 19.1. The van der Waals surface area contributed by atoms with Gasteiger partial charge in [-0.1, -0.05) is 5.16 Å². The maximum absolute atomic E-state index is 13.3. The molecule has 2 heterocycles. The van der Waals surface area contributed by atoms with E-state index in [2.05, 4.69) is 15.0 Å². The molecule has 1 unspecified atom stereocenters. The third kappa shape index (κ3) is 3.03. The van der Waals surface area contributed by atoms with Gasteiger partial charge in [-0.25, -0.2) is 4.39 Å². The molecule has 22 heavy (non-hydrogen) atoms. The Hall–Kier alpha value is -1.79. The van der Waals surface area contributed by atoms with E-state index in [0.717, 1.165) is 31.5 Å². The normalized spacial score (nSPS) is 18.5. The van der Waals surface area contributed by atoms with Crippen LogP contribution in [0.25, 0.3) is 11.4 Å². The van der Waals surface area contributed by atoms with Gasteiger partial charge in [0, 0.05) is 18.7 Å². The van der Waals surface area contributed by atoms with Crippen molar-refractivity contribution in [3.63, 3.8) is 0 Å². The molecule has 1 aromatic carbocycles. The minimum Gasteiger partial charge on any atom is -0.393 e. The standard InChI is InChI=1S/C16H20FN3O2/c1-10-9-12(3-4-14(10)17)15-18-16(22-19-15)11(2)20-7-5-13(21)6-8-20/h3-4,9,11,13,21H,5-8H2,1-2H3. The van der Waals surface area contributed by atoms with Gasteiger partial charge in [0.1, 0.15) is 5.82 Å². The number of nitrogens with zero attached hydrogens (tertiary/aromatic N) is 3. The Morgan fingerprint density at radius 3 is 2.77 bits per heavy atom. The van der Waals surface area contributed by atoms with Crippen LogP contribution < -0.4 is 0 Å². The molecular formula is C16H20FN3O2. The Morgan fingerprint density at radius 2 is 2.09 bits per heavy atom. The molecule has 1 atom stereocenters. The highest BCUT2D eigenvalue weighted by molar-refractivity contribution is 5.55. The van der Waals surface area contributed by atoms with Crippen LogP contribution in [0.5, 0.6) is 0 Å². The van der Waals surface area contributed by atoms with Gasteiger partial charge in [0.2, 0.25) is 11.7 Å². The van der Waals surface area contributed by atoms with Gasteiger partial charge in [-0.3, -0.25) is 4.90 Å². The van der Waals surface area contributed by atoms with Crippen LogP contribution in [0.3, 0.4) is 0 Å². The minimum atomic E-state index is -0.243. The summed E-state index contributed by atoms with van der Waals surface area (Å²) in [5.74, 6) is 0.781. The number of likely N-dealkylation sites (tertiary alicyclic amines) is 1. The number of aromatic nitrogens is 2. The van der Waals surface area contributed by atoms with Crippen molar-refractivity contribution in [1.29, 1.82) is 0 Å². The molecule has 0 aliphatic carbocycles. The Kier molecular flexibility index (Phi) is 4.22. The van der Waals surface area contributed by atoms with Crippen LogP contribution in [0.15, 0.2) is 22.7 Å². The molecule has 0 amide bonds. The van der Waals surface area contributed by atoms with E-state index in [1.54, 1.807) is 19.1 Å². The van der Waals surface area contributed by atoms with Crippen LogP contribution in [0.2, 0.25) is 0 Å². The minimum absolute atomic E-state index is 0.00953. The van der Waals surface area contributed by atoms with Gasteiger partial charge in [0.05, 0.1) is 12.1 Å². The summed E-state index contributed by atoms with van der Waals surface area (Å²) in [7, 11) is 0. The quantitative estimate of drug-likeness (QED) is 0.944. The van der Waals surface area contributed by atoms with Gasteiger partial charge >= 0.3 is 0 Å². The first-order valence-corrected chi connectivity index (χ1v) is 7.57. The molecule has 0 bridgehead atoms. The zero-order chi connectivity index (χ0) is 15.7. The highest BCUT2D eigenvalue weighted by Crippen LogP contribution is 2.26. The third-order valence-electron chi connectivity index (χ3n) is 4.26. The lowest BCUT2D eigenvalue weighted by atomic mass is 10.1. The predicted octanol–water partition coefficient (Wildman–Crippen LogP) is 2.70. The molecule has 2 aromatic rings. The van der Waals surface area contributed by atoms with Crippen LogP contribution in [0.4, 0.5) is 4.39 Å². The number of rotatable bonds is 3. The molecule has 0 radical (unpaired) electrons. The maximum atomic E-state index is 13.3. The first-order valence-electron chi connectivity index (χ1n) is 7.57. The fourth-order valence-electron chi connectivity index (χ4n) is 2.74. The van der Waals surface area contributed by atoms with Gasteiger partial charge in [-0.2, -0.15) is 4.98 Å². The van der Waals surface area contributed by atoms with Crippen molar-refractivity contribution < 1.29 is 14.0 Å². The van der Waals surface area contributed by atoms with Gasteiger partial charge in [-0.15, -0.1) is 0 Å². The van der Waals surface area contributed by atoms with Crippen molar-refractivity contribution in [2.24, 2.45) is 0 Å². The Labute approximate surface area is 128 Å². The molecule has 1 aliphatic heterocycles. The van der Waals surface area contributed by atoms with Crippen molar-refractivity contribution >= 4 is 0 Å². The molecule has 0 spiro atoms. The summed E-state index contributed by atoms with van der Waals surface area (Å²) >= 11 is 0. The average molecular weight is 305 g/mol. The van der Waals surface area contributed by atoms with Crippen molar-refractivity contribution in [2.75, 3.05) is 13.1 Å². The molecule has 1 saturated heterocycles. The van der Waals surface area contributed by atoms with Gasteiger partial charge < -0.3 is 9.63 Å². The Bertz CT molecular complexity index is 651. The zero-order valence-corrected chi connectivity index (χ0v) is 12.8.